The molecule has 2 N–H and O–H groups in total. The number of aromatic nitrogens is 3. The summed E-state index contributed by atoms with van der Waals surface area (Å²) in [6, 6.07) is 5.42. The first kappa shape index (κ1) is 15.6. The van der Waals surface area contributed by atoms with E-state index in [1.807, 2.05) is 18.3 Å². The zero-order valence-electron chi connectivity index (χ0n) is 13.1. The third-order valence-electron chi connectivity index (χ3n) is 3.89. The second kappa shape index (κ2) is 7.85. The van der Waals surface area contributed by atoms with Crippen molar-refractivity contribution in [1.29, 1.82) is 0 Å². The third-order valence-corrected chi connectivity index (χ3v) is 3.89. The molecule has 7 nitrogen and oxygen atoms in total. The smallest absolute Gasteiger partial charge is 0.269 e. The summed E-state index contributed by atoms with van der Waals surface area (Å²) in [7, 11) is 0. The van der Waals surface area contributed by atoms with E-state index >= 15 is 0 Å². The molecule has 0 aliphatic carbocycles. The minimum atomic E-state index is -0.140. The predicted molar refractivity (Wildman–Crippen MR) is 87.6 cm³/mol. The van der Waals surface area contributed by atoms with E-state index in [2.05, 4.69) is 25.6 Å². The molecule has 0 aromatic carbocycles. The highest BCUT2D eigenvalue weighted by atomic mass is 16.1. The molecule has 23 heavy (non-hydrogen) atoms. The standard InChI is InChI=1S/C16H22N6O/c23-16(19-4-1-9-21-11-7-17-8-12-21)15-13-14(3-6-18-15)22-10-2-5-20-22/h2-3,5-6,10,13,17H,1,4,7-9,11-12H2,(H,19,23). The quantitative estimate of drug-likeness (QED) is 0.750. The van der Waals surface area contributed by atoms with Crippen LogP contribution in [-0.2, 0) is 0 Å². The second-order valence-electron chi connectivity index (χ2n) is 5.55. The summed E-state index contributed by atoms with van der Waals surface area (Å²) in [4.78, 5) is 18.8. The number of rotatable bonds is 6. The van der Waals surface area contributed by atoms with Crippen LogP contribution in [0.5, 0.6) is 0 Å². The summed E-state index contributed by atoms with van der Waals surface area (Å²) in [6.45, 7) is 5.95. The van der Waals surface area contributed by atoms with Gasteiger partial charge in [-0.3, -0.25) is 9.78 Å². The number of hydrogen-bond acceptors (Lipinski definition) is 5. The summed E-state index contributed by atoms with van der Waals surface area (Å²) >= 11 is 0. The molecule has 1 fully saturated rings. The lowest BCUT2D eigenvalue weighted by atomic mass is 10.3. The van der Waals surface area contributed by atoms with E-state index in [1.54, 1.807) is 23.1 Å². The average molecular weight is 314 g/mol. The maximum Gasteiger partial charge on any atom is 0.269 e. The number of carbonyl (C=O) groups is 1. The molecular weight excluding hydrogens is 292 g/mol. The summed E-state index contributed by atoms with van der Waals surface area (Å²) in [5.74, 6) is -0.140. The van der Waals surface area contributed by atoms with E-state index in [4.69, 9.17) is 0 Å². The molecule has 3 rings (SSSR count). The van der Waals surface area contributed by atoms with Crippen LogP contribution in [0.15, 0.2) is 36.8 Å². The van der Waals surface area contributed by atoms with E-state index in [1.165, 1.54) is 0 Å². The van der Waals surface area contributed by atoms with Crippen LogP contribution in [-0.4, -0.2) is 64.8 Å². The fourth-order valence-electron chi connectivity index (χ4n) is 2.64. The number of hydrogen-bond donors (Lipinski definition) is 2. The Kier molecular flexibility index (Phi) is 5.33. The topological polar surface area (TPSA) is 75.1 Å². The summed E-state index contributed by atoms with van der Waals surface area (Å²) in [5.41, 5.74) is 1.25. The molecule has 3 heterocycles. The van der Waals surface area contributed by atoms with Crippen LogP contribution in [0.4, 0.5) is 0 Å². The molecule has 0 bridgehead atoms. The van der Waals surface area contributed by atoms with Crippen molar-refractivity contribution in [2.45, 2.75) is 6.42 Å². The number of amides is 1. The number of pyridine rings is 1. The highest BCUT2D eigenvalue weighted by molar-refractivity contribution is 5.92. The Hall–Kier alpha value is -2.25. The SMILES string of the molecule is O=C(NCCCN1CCNCC1)c1cc(-n2cccn2)ccn1. The average Bonchev–Trinajstić information content (AvgIpc) is 3.14. The van der Waals surface area contributed by atoms with Gasteiger partial charge in [0.05, 0.1) is 5.69 Å². The largest absolute Gasteiger partial charge is 0.351 e. The monoisotopic (exact) mass is 314 g/mol. The Morgan fingerprint density at radius 2 is 2.17 bits per heavy atom. The van der Waals surface area contributed by atoms with Crippen LogP contribution < -0.4 is 10.6 Å². The second-order valence-corrected chi connectivity index (χ2v) is 5.55. The Morgan fingerprint density at radius 1 is 1.30 bits per heavy atom. The van der Waals surface area contributed by atoms with E-state index in [-0.39, 0.29) is 5.91 Å². The van der Waals surface area contributed by atoms with E-state index < -0.39 is 0 Å². The fraction of sp³-hybridized carbons (Fsp3) is 0.438. The van der Waals surface area contributed by atoms with Crippen molar-refractivity contribution in [3.05, 3.63) is 42.5 Å². The van der Waals surface area contributed by atoms with E-state index in [0.29, 0.717) is 12.2 Å². The Labute approximate surface area is 135 Å². The summed E-state index contributed by atoms with van der Waals surface area (Å²) in [6.07, 6.45) is 6.12. The molecule has 7 heteroatoms. The van der Waals surface area contributed by atoms with Crippen LogP contribution in [0, 0.1) is 0 Å². The molecule has 0 radical (unpaired) electrons. The van der Waals surface area contributed by atoms with Gasteiger partial charge in [0.1, 0.15) is 5.69 Å². The van der Waals surface area contributed by atoms with Crippen LogP contribution in [0.1, 0.15) is 16.9 Å². The molecule has 0 spiro atoms. The van der Waals surface area contributed by atoms with Gasteiger partial charge in [-0.15, -0.1) is 0 Å². The van der Waals surface area contributed by atoms with E-state index in [9.17, 15) is 4.79 Å². The zero-order valence-corrected chi connectivity index (χ0v) is 13.1. The van der Waals surface area contributed by atoms with Gasteiger partial charge in [0.2, 0.25) is 0 Å². The zero-order chi connectivity index (χ0) is 15.9. The molecule has 0 unspecified atom stereocenters. The van der Waals surface area contributed by atoms with Crippen LogP contribution in [0.25, 0.3) is 5.69 Å². The van der Waals surface area contributed by atoms with Crippen LogP contribution in [0.2, 0.25) is 0 Å². The van der Waals surface area contributed by atoms with Gasteiger partial charge in [-0.05, 0) is 31.2 Å². The first-order valence-electron chi connectivity index (χ1n) is 8.00. The number of piperazine rings is 1. The predicted octanol–water partition coefficient (Wildman–Crippen LogP) is 0.292. The highest BCUT2D eigenvalue weighted by Crippen LogP contribution is 2.07. The van der Waals surface area contributed by atoms with E-state index in [0.717, 1.165) is 44.8 Å². The molecule has 122 valence electrons. The van der Waals surface area contributed by atoms with Gasteiger partial charge in [-0.1, -0.05) is 0 Å². The minimum absolute atomic E-state index is 0.140. The van der Waals surface area contributed by atoms with Gasteiger partial charge < -0.3 is 15.5 Å². The van der Waals surface area contributed by atoms with Crippen LogP contribution >= 0.6 is 0 Å². The summed E-state index contributed by atoms with van der Waals surface area (Å²) in [5, 5.41) is 10.4. The van der Waals surface area contributed by atoms with Gasteiger partial charge >= 0.3 is 0 Å². The Morgan fingerprint density at radius 3 is 2.96 bits per heavy atom. The minimum Gasteiger partial charge on any atom is -0.351 e. The molecule has 1 aliphatic heterocycles. The van der Waals surface area contributed by atoms with Crippen molar-refractivity contribution in [3.8, 4) is 5.69 Å². The number of nitrogens with zero attached hydrogens (tertiary/aromatic N) is 4. The molecule has 1 amide bonds. The molecule has 1 saturated heterocycles. The van der Waals surface area contributed by atoms with Gasteiger partial charge in [0, 0.05) is 51.3 Å². The molecule has 0 atom stereocenters. The van der Waals surface area contributed by atoms with Gasteiger partial charge in [0.25, 0.3) is 5.91 Å². The molecule has 0 saturated carbocycles. The van der Waals surface area contributed by atoms with Crippen molar-refractivity contribution < 1.29 is 4.79 Å². The number of carbonyl (C=O) groups excluding carboxylic acids is 1. The molecule has 2 aromatic rings. The third kappa shape index (κ3) is 4.37. The lowest BCUT2D eigenvalue weighted by Gasteiger charge is -2.27. The Balaban J connectivity index is 1.47. The lowest BCUT2D eigenvalue weighted by molar-refractivity contribution is 0.0946. The van der Waals surface area contributed by atoms with Crippen molar-refractivity contribution in [2.24, 2.45) is 0 Å². The Bertz CT molecular complexity index is 621. The van der Waals surface area contributed by atoms with Gasteiger partial charge in [0.15, 0.2) is 0 Å². The maximum atomic E-state index is 12.2. The lowest BCUT2D eigenvalue weighted by Crippen LogP contribution is -2.44. The first-order chi connectivity index (χ1) is 11.3. The van der Waals surface area contributed by atoms with Crippen LogP contribution in [0.3, 0.4) is 0 Å². The van der Waals surface area contributed by atoms with Crippen molar-refractivity contribution >= 4 is 5.91 Å². The van der Waals surface area contributed by atoms with Crippen molar-refractivity contribution in [2.75, 3.05) is 39.3 Å². The number of nitrogens with one attached hydrogen (secondary N) is 2. The van der Waals surface area contributed by atoms with Crippen molar-refractivity contribution in [3.63, 3.8) is 0 Å². The summed E-state index contributed by atoms with van der Waals surface area (Å²) < 4.78 is 1.71. The van der Waals surface area contributed by atoms with Crippen molar-refractivity contribution in [1.82, 2.24) is 30.3 Å². The first-order valence-corrected chi connectivity index (χ1v) is 8.00. The fourth-order valence-corrected chi connectivity index (χ4v) is 2.64. The molecular formula is C16H22N6O. The highest BCUT2D eigenvalue weighted by Gasteiger charge is 2.10. The molecule has 2 aromatic heterocycles. The maximum absolute atomic E-state index is 12.2. The van der Waals surface area contributed by atoms with Gasteiger partial charge in [-0.25, -0.2) is 4.68 Å². The molecule has 1 aliphatic rings. The normalized spacial score (nSPS) is 15.5. The van der Waals surface area contributed by atoms with Gasteiger partial charge in [-0.2, -0.15) is 5.10 Å².